The maximum atomic E-state index is 12.8. The number of amides is 1. The van der Waals surface area contributed by atoms with Crippen LogP contribution in [-0.2, 0) is 11.3 Å². The van der Waals surface area contributed by atoms with Crippen molar-refractivity contribution in [2.24, 2.45) is 0 Å². The minimum atomic E-state index is -0.182. The zero-order chi connectivity index (χ0) is 16.4. The topological polar surface area (TPSA) is 58.4 Å². The van der Waals surface area contributed by atoms with Crippen LogP contribution in [0.2, 0.25) is 0 Å². The fourth-order valence-corrected chi connectivity index (χ4v) is 3.08. The summed E-state index contributed by atoms with van der Waals surface area (Å²) in [4.78, 5) is 18.7. The molecule has 2 aromatic rings. The zero-order valence-electron chi connectivity index (χ0n) is 13.3. The summed E-state index contributed by atoms with van der Waals surface area (Å²) in [5.41, 5.74) is 2.08. The fraction of sp³-hybridized carbons (Fsp3) is 0.412. The lowest BCUT2D eigenvalue weighted by Gasteiger charge is -2.33. The van der Waals surface area contributed by atoms with E-state index in [-0.39, 0.29) is 11.9 Å². The number of aromatic nitrogens is 1. The van der Waals surface area contributed by atoms with E-state index in [1.165, 1.54) is 0 Å². The molecule has 0 saturated carbocycles. The first-order chi connectivity index (χ1) is 11.0. The van der Waals surface area contributed by atoms with Gasteiger partial charge in [0, 0.05) is 23.6 Å². The van der Waals surface area contributed by atoms with E-state index >= 15 is 0 Å². The molecule has 1 unspecified atom stereocenters. The molecule has 23 heavy (non-hydrogen) atoms. The number of carbonyl (C=O) groups is 1. The number of nitrogens with one attached hydrogen (secondary N) is 1. The van der Waals surface area contributed by atoms with Crippen molar-refractivity contribution in [3.05, 3.63) is 46.1 Å². The number of nitrogens with zero attached hydrogens (tertiary/aromatic N) is 2. The van der Waals surface area contributed by atoms with Crippen molar-refractivity contribution in [3.8, 4) is 0 Å². The zero-order valence-corrected chi connectivity index (χ0v) is 14.9. The third kappa shape index (κ3) is 3.64. The van der Waals surface area contributed by atoms with Gasteiger partial charge in [-0.05, 0) is 43.5 Å². The second-order valence-corrected chi connectivity index (χ2v) is 6.70. The molecule has 0 radical (unpaired) electrons. The van der Waals surface area contributed by atoms with Crippen molar-refractivity contribution >= 4 is 27.5 Å². The minimum Gasteiger partial charge on any atom is -0.445 e. The largest absolute Gasteiger partial charge is 0.445 e. The molecule has 1 atom stereocenters. The number of anilines is 1. The summed E-state index contributed by atoms with van der Waals surface area (Å²) in [5, 5.41) is 3.29. The lowest BCUT2D eigenvalue weighted by molar-refractivity contribution is -0.121. The van der Waals surface area contributed by atoms with Gasteiger partial charge < -0.3 is 9.32 Å². The number of halogens is 1. The van der Waals surface area contributed by atoms with E-state index in [9.17, 15) is 4.79 Å². The number of carbonyl (C=O) groups excluding carboxylic acids is 1. The number of piperidine rings is 1. The van der Waals surface area contributed by atoms with Crippen LogP contribution in [-0.4, -0.2) is 23.5 Å². The van der Waals surface area contributed by atoms with Gasteiger partial charge in [-0.25, -0.2) is 4.98 Å². The second-order valence-electron chi connectivity index (χ2n) is 5.84. The summed E-state index contributed by atoms with van der Waals surface area (Å²) in [5.74, 6) is 1.52. The molecule has 0 spiro atoms. The molecule has 1 aromatic carbocycles. The van der Waals surface area contributed by atoms with Crippen LogP contribution < -0.4 is 10.2 Å². The van der Waals surface area contributed by atoms with Crippen LogP contribution >= 0.6 is 15.9 Å². The van der Waals surface area contributed by atoms with Gasteiger partial charge in [0.1, 0.15) is 5.76 Å². The first kappa shape index (κ1) is 16.2. The molecular formula is C17H20BrN3O2. The van der Waals surface area contributed by atoms with Gasteiger partial charge in [0.25, 0.3) is 0 Å². The summed E-state index contributed by atoms with van der Waals surface area (Å²) < 4.78 is 6.50. The van der Waals surface area contributed by atoms with E-state index in [1.54, 1.807) is 6.20 Å². The summed E-state index contributed by atoms with van der Waals surface area (Å²) >= 11 is 3.50. The SMILES string of the molecule is Cc1ncc(CNC2CCCN(c3ccc(Br)c(C)c3)C2=O)o1. The number of hydrogen-bond acceptors (Lipinski definition) is 4. The Morgan fingerprint density at radius 3 is 2.96 bits per heavy atom. The highest BCUT2D eigenvalue weighted by molar-refractivity contribution is 9.10. The third-order valence-corrected chi connectivity index (χ3v) is 4.97. The molecule has 2 heterocycles. The van der Waals surface area contributed by atoms with Crippen LogP contribution in [0.25, 0.3) is 0 Å². The van der Waals surface area contributed by atoms with E-state index < -0.39 is 0 Å². The maximum Gasteiger partial charge on any atom is 0.244 e. The van der Waals surface area contributed by atoms with E-state index in [0.717, 1.165) is 40.9 Å². The van der Waals surface area contributed by atoms with Gasteiger partial charge in [-0.2, -0.15) is 0 Å². The third-order valence-electron chi connectivity index (χ3n) is 4.08. The molecule has 0 aliphatic carbocycles. The van der Waals surface area contributed by atoms with E-state index in [1.807, 2.05) is 36.9 Å². The predicted octanol–water partition coefficient (Wildman–Crippen LogP) is 3.34. The number of benzene rings is 1. The number of oxazole rings is 1. The molecular weight excluding hydrogens is 358 g/mol. The van der Waals surface area contributed by atoms with Crippen LogP contribution in [0.5, 0.6) is 0 Å². The van der Waals surface area contributed by atoms with E-state index in [0.29, 0.717) is 12.4 Å². The first-order valence-corrected chi connectivity index (χ1v) is 8.56. The van der Waals surface area contributed by atoms with Gasteiger partial charge in [0.05, 0.1) is 18.8 Å². The Balaban J connectivity index is 1.69. The van der Waals surface area contributed by atoms with Crippen LogP contribution in [0.4, 0.5) is 5.69 Å². The Kier molecular flexibility index (Phi) is 4.82. The lowest BCUT2D eigenvalue weighted by Crippen LogP contribution is -2.50. The summed E-state index contributed by atoms with van der Waals surface area (Å²) in [6, 6.07) is 5.84. The normalized spacial score (nSPS) is 18.5. The maximum absolute atomic E-state index is 12.8. The monoisotopic (exact) mass is 377 g/mol. The highest BCUT2D eigenvalue weighted by Crippen LogP contribution is 2.26. The molecule has 1 saturated heterocycles. The molecule has 1 aliphatic heterocycles. The van der Waals surface area contributed by atoms with Crippen LogP contribution in [0.1, 0.15) is 30.1 Å². The fourth-order valence-electron chi connectivity index (χ4n) is 2.83. The van der Waals surface area contributed by atoms with E-state index in [4.69, 9.17) is 4.42 Å². The number of rotatable bonds is 4. The highest BCUT2D eigenvalue weighted by Gasteiger charge is 2.29. The quantitative estimate of drug-likeness (QED) is 0.887. The molecule has 6 heteroatoms. The first-order valence-electron chi connectivity index (χ1n) is 7.77. The van der Waals surface area contributed by atoms with Crippen LogP contribution in [0.3, 0.4) is 0 Å². The van der Waals surface area contributed by atoms with Crippen molar-refractivity contribution < 1.29 is 9.21 Å². The van der Waals surface area contributed by atoms with Crippen molar-refractivity contribution in [2.75, 3.05) is 11.4 Å². The molecule has 0 bridgehead atoms. The summed E-state index contributed by atoms with van der Waals surface area (Å²) in [7, 11) is 0. The smallest absolute Gasteiger partial charge is 0.244 e. The van der Waals surface area contributed by atoms with Crippen LogP contribution in [0.15, 0.2) is 33.3 Å². The van der Waals surface area contributed by atoms with Gasteiger partial charge in [-0.3, -0.25) is 10.1 Å². The summed E-state index contributed by atoms with van der Waals surface area (Å²) in [6.07, 6.45) is 3.53. The molecule has 5 nitrogen and oxygen atoms in total. The molecule has 1 amide bonds. The number of aryl methyl sites for hydroxylation is 2. The lowest BCUT2D eigenvalue weighted by atomic mass is 10.0. The molecule has 3 rings (SSSR count). The second kappa shape index (κ2) is 6.84. The van der Waals surface area contributed by atoms with Gasteiger partial charge in [-0.1, -0.05) is 15.9 Å². The Morgan fingerprint density at radius 2 is 2.26 bits per heavy atom. The van der Waals surface area contributed by atoms with Crippen LogP contribution in [0, 0.1) is 13.8 Å². The summed E-state index contributed by atoms with van der Waals surface area (Å²) in [6.45, 7) is 5.13. The Labute approximate surface area is 144 Å². The molecule has 1 fully saturated rings. The Hall–Kier alpha value is -1.66. The van der Waals surface area contributed by atoms with Gasteiger partial charge in [-0.15, -0.1) is 0 Å². The molecule has 1 N–H and O–H groups in total. The number of hydrogen-bond donors (Lipinski definition) is 1. The average Bonchev–Trinajstić information content (AvgIpc) is 2.95. The minimum absolute atomic E-state index is 0.120. The van der Waals surface area contributed by atoms with Gasteiger partial charge >= 0.3 is 0 Å². The van der Waals surface area contributed by atoms with Gasteiger partial charge in [0.2, 0.25) is 5.91 Å². The van der Waals surface area contributed by atoms with Crippen molar-refractivity contribution in [1.82, 2.24) is 10.3 Å². The van der Waals surface area contributed by atoms with Crippen molar-refractivity contribution in [2.45, 2.75) is 39.3 Å². The highest BCUT2D eigenvalue weighted by atomic mass is 79.9. The Bertz CT molecular complexity index is 714. The van der Waals surface area contributed by atoms with E-state index in [2.05, 4.69) is 26.2 Å². The van der Waals surface area contributed by atoms with Crippen molar-refractivity contribution in [1.29, 1.82) is 0 Å². The Morgan fingerprint density at radius 1 is 1.43 bits per heavy atom. The standard InChI is InChI=1S/C17H20BrN3O2/c1-11-8-13(5-6-15(11)18)21-7-3-4-16(17(21)22)20-10-14-9-19-12(2)23-14/h5-6,8-9,16,20H,3-4,7,10H2,1-2H3. The molecule has 1 aromatic heterocycles. The molecule has 1 aliphatic rings. The molecule has 122 valence electrons. The van der Waals surface area contributed by atoms with Crippen molar-refractivity contribution in [3.63, 3.8) is 0 Å². The van der Waals surface area contributed by atoms with Gasteiger partial charge in [0.15, 0.2) is 5.89 Å². The predicted molar refractivity (Wildman–Crippen MR) is 92.3 cm³/mol. The average molecular weight is 378 g/mol.